The van der Waals surface area contributed by atoms with Gasteiger partial charge in [0.15, 0.2) is 0 Å². The van der Waals surface area contributed by atoms with Crippen LogP contribution in [0.25, 0.3) is 11.5 Å². The van der Waals surface area contributed by atoms with Gasteiger partial charge in [0.25, 0.3) is 11.8 Å². The second-order valence-corrected chi connectivity index (χ2v) is 8.22. The number of hydrogen-bond donors (Lipinski definition) is 0. The van der Waals surface area contributed by atoms with Gasteiger partial charge in [-0.2, -0.15) is 0 Å². The number of rotatable bonds is 4. The highest BCUT2D eigenvalue weighted by atomic mass is 32.1. The fourth-order valence-electron chi connectivity index (χ4n) is 3.51. The molecule has 0 spiro atoms. The van der Waals surface area contributed by atoms with Crippen molar-refractivity contribution in [3.05, 3.63) is 46.1 Å². The molecule has 4 heterocycles. The smallest absolute Gasteiger partial charge is 0.264 e. The van der Waals surface area contributed by atoms with Gasteiger partial charge < -0.3 is 14.2 Å². The summed E-state index contributed by atoms with van der Waals surface area (Å²) in [6.07, 6.45) is 4.03. The number of anilines is 1. The van der Waals surface area contributed by atoms with Crippen LogP contribution in [0.2, 0.25) is 0 Å². The van der Waals surface area contributed by atoms with Gasteiger partial charge in [-0.15, -0.1) is 21.5 Å². The van der Waals surface area contributed by atoms with E-state index in [2.05, 4.69) is 20.1 Å². The van der Waals surface area contributed by atoms with E-state index >= 15 is 0 Å². The van der Waals surface area contributed by atoms with Gasteiger partial charge in [0.2, 0.25) is 5.89 Å². The number of piperazine rings is 1. The maximum absolute atomic E-state index is 12.8. The number of pyridine rings is 1. The molecule has 3 aromatic heterocycles. The fourth-order valence-corrected chi connectivity index (χ4v) is 4.40. The van der Waals surface area contributed by atoms with E-state index in [0.29, 0.717) is 24.9 Å². The van der Waals surface area contributed by atoms with E-state index in [1.807, 2.05) is 35.4 Å². The molecule has 1 aliphatic heterocycles. The first-order valence-corrected chi connectivity index (χ1v) is 10.5. The molecule has 2 fully saturated rings. The summed E-state index contributed by atoms with van der Waals surface area (Å²) in [6.45, 7) is 4.78. The Bertz CT molecular complexity index is 1000. The number of aryl methyl sites for hydroxylation is 1. The largest absolute Gasteiger partial charge is 0.420 e. The summed E-state index contributed by atoms with van der Waals surface area (Å²) in [5.74, 6) is 2.65. The van der Waals surface area contributed by atoms with E-state index in [1.54, 1.807) is 6.20 Å². The van der Waals surface area contributed by atoms with Crippen molar-refractivity contribution in [2.45, 2.75) is 25.7 Å². The minimum atomic E-state index is 0.124. The van der Waals surface area contributed by atoms with Gasteiger partial charge >= 0.3 is 0 Å². The van der Waals surface area contributed by atoms with Crippen molar-refractivity contribution in [1.29, 1.82) is 0 Å². The van der Waals surface area contributed by atoms with Crippen LogP contribution < -0.4 is 4.90 Å². The molecule has 28 heavy (non-hydrogen) atoms. The normalized spacial score (nSPS) is 17.2. The zero-order chi connectivity index (χ0) is 19.1. The lowest BCUT2D eigenvalue weighted by atomic mass is 10.2. The zero-order valence-electron chi connectivity index (χ0n) is 15.7. The number of thiophene rings is 1. The Labute approximate surface area is 167 Å². The average Bonchev–Trinajstić information content (AvgIpc) is 3.31. The SMILES string of the molecule is Cc1ccsc1C(=O)N1CCN(c2ncccc2-c2nnc(C3CC3)o2)CC1. The minimum absolute atomic E-state index is 0.124. The van der Waals surface area contributed by atoms with Crippen molar-refractivity contribution >= 4 is 23.1 Å². The summed E-state index contributed by atoms with van der Waals surface area (Å²) >= 11 is 1.51. The Balaban J connectivity index is 1.33. The van der Waals surface area contributed by atoms with Crippen LogP contribution in [0.1, 0.15) is 39.9 Å². The Morgan fingerprint density at radius 1 is 1.18 bits per heavy atom. The zero-order valence-corrected chi connectivity index (χ0v) is 16.5. The molecule has 0 radical (unpaired) electrons. The number of carbonyl (C=O) groups excluding carboxylic acids is 1. The van der Waals surface area contributed by atoms with Gasteiger partial charge in [-0.1, -0.05) is 0 Å². The number of nitrogens with zero attached hydrogens (tertiary/aromatic N) is 5. The van der Waals surface area contributed by atoms with Crippen LogP contribution in [-0.4, -0.2) is 52.2 Å². The van der Waals surface area contributed by atoms with Crippen LogP contribution in [0, 0.1) is 6.92 Å². The van der Waals surface area contributed by atoms with Crippen LogP contribution in [0.5, 0.6) is 0 Å². The highest BCUT2D eigenvalue weighted by Crippen LogP contribution is 2.40. The van der Waals surface area contributed by atoms with Crippen molar-refractivity contribution in [3.63, 3.8) is 0 Å². The van der Waals surface area contributed by atoms with Gasteiger partial charge in [-0.3, -0.25) is 4.79 Å². The molecule has 3 aromatic rings. The predicted octanol–water partition coefficient (Wildman–Crippen LogP) is 3.34. The average molecular weight is 395 g/mol. The monoisotopic (exact) mass is 395 g/mol. The third kappa shape index (κ3) is 3.17. The minimum Gasteiger partial charge on any atom is -0.420 e. The van der Waals surface area contributed by atoms with E-state index < -0.39 is 0 Å². The molecule has 0 atom stereocenters. The quantitative estimate of drug-likeness (QED) is 0.674. The molecule has 0 unspecified atom stereocenters. The first-order chi connectivity index (χ1) is 13.7. The molecule has 8 heteroatoms. The second kappa shape index (κ2) is 7.01. The summed E-state index contributed by atoms with van der Waals surface area (Å²) < 4.78 is 5.89. The summed E-state index contributed by atoms with van der Waals surface area (Å²) in [5, 5.41) is 10.4. The molecule has 5 rings (SSSR count). The van der Waals surface area contributed by atoms with Crippen molar-refractivity contribution in [3.8, 4) is 11.5 Å². The van der Waals surface area contributed by atoms with Crippen LogP contribution in [-0.2, 0) is 0 Å². The molecule has 1 saturated carbocycles. The van der Waals surface area contributed by atoms with Gasteiger partial charge in [0.05, 0.1) is 10.4 Å². The van der Waals surface area contributed by atoms with Gasteiger partial charge in [-0.05, 0) is 48.9 Å². The third-order valence-electron chi connectivity index (χ3n) is 5.31. The predicted molar refractivity (Wildman–Crippen MR) is 107 cm³/mol. The van der Waals surface area contributed by atoms with E-state index in [-0.39, 0.29) is 5.91 Å². The molecule has 0 bridgehead atoms. The molecule has 0 aromatic carbocycles. The maximum atomic E-state index is 12.8. The Hall–Kier alpha value is -2.74. The van der Waals surface area contributed by atoms with E-state index in [9.17, 15) is 4.79 Å². The molecule has 1 aliphatic carbocycles. The summed E-state index contributed by atoms with van der Waals surface area (Å²) in [7, 11) is 0. The van der Waals surface area contributed by atoms with Crippen molar-refractivity contribution in [2.75, 3.05) is 31.1 Å². The first-order valence-electron chi connectivity index (χ1n) is 9.58. The molecule has 0 N–H and O–H groups in total. The van der Waals surface area contributed by atoms with E-state index in [1.165, 1.54) is 11.3 Å². The van der Waals surface area contributed by atoms with Crippen LogP contribution >= 0.6 is 11.3 Å². The van der Waals surface area contributed by atoms with Crippen LogP contribution in [0.15, 0.2) is 34.2 Å². The standard InChI is InChI=1S/C20H21N5O2S/c1-13-6-12-28-16(13)20(26)25-10-8-24(9-11-25)17-15(3-2-7-21-17)19-23-22-18(27-19)14-4-5-14/h2-3,6-7,12,14H,4-5,8-11H2,1H3. The highest BCUT2D eigenvalue weighted by molar-refractivity contribution is 7.12. The molecule has 1 amide bonds. The maximum Gasteiger partial charge on any atom is 0.264 e. The van der Waals surface area contributed by atoms with E-state index in [0.717, 1.165) is 53.6 Å². The van der Waals surface area contributed by atoms with Crippen LogP contribution in [0.3, 0.4) is 0 Å². The van der Waals surface area contributed by atoms with Crippen molar-refractivity contribution in [1.82, 2.24) is 20.1 Å². The van der Waals surface area contributed by atoms with Crippen molar-refractivity contribution in [2.24, 2.45) is 0 Å². The number of amides is 1. The molecule has 7 nitrogen and oxygen atoms in total. The van der Waals surface area contributed by atoms with E-state index in [4.69, 9.17) is 4.42 Å². The molecular weight excluding hydrogens is 374 g/mol. The van der Waals surface area contributed by atoms with Crippen LogP contribution in [0.4, 0.5) is 5.82 Å². The van der Waals surface area contributed by atoms with Gasteiger partial charge in [0.1, 0.15) is 5.82 Å². The molecule has 144 valence electrons. The highest BCUT2D eigenvalue weighted by Gasteiger charge is 2.31. The lowest BCUT2D eigenvalue weighted by Gasteiger charge is -2.35. The first kappa shape index (κ1) is 17.4. The summed E-state index contributed by atoms with van der Waals surface area (Å²) in [5.41, 5.74) is 1.91. The molecule has 2 aliphatic rings. The summed E-state index contributed by atoms with van der Waals surface area (Å²) in [4.78, 5) is 22.3. The van der Waals surface area contributed by atoms with Gasteiger partial charge in [-0.25, -0.2) is 4.98 Å². The molecule has 1 saturated heterocycles. The third-order valence-corrected chi connectivity index (χ3v) is 6.31. The summed E-state index contributed by atoms with van der Waals surface area (Å²) in [6, 6.07) is 5.85. The Kier molecular flexibility index (Phi) is 4.35. The second-order valence-electron chi connectivity index (χ2n) is 7.31. The number of aromatic nitrogens is 3. The Morgan fingerprint density at radius 3 is 2.71 bits per heavy atom. The lowest BCUT2D eigenvalue weighted by Crippen LogP contribution is -2.49. The topological polar surface area (TPSA) is 75.4 Å². The number of carbonyl (C=O) groups is 1. The lowest BCUT2D eigenvalue weighted by molar-refractivity contribution is 0.0751. The van der Waals surface area contributed by atoms with Crippen molar-refractivity contribution < 1.29 is 9.21 Å². The molecular formula is C20H21N5O2S. The van der Waals surface area contributed by atoms with Gasteiger partial charge in [0, 0.05) is 38.3 Å². The number of hydrogen-bond acceptors (Lipinski definition) is 7. The Morgan fingerprint density at radius 2 is 2.00 bits per heavy atom. The fraction of sp³-hybridized carbons (Fsp3) is 0.400.